The average molecular weight is 225 g/mol. The van der Waals surface area contributed by atoms with Crippen LogP contribution in [0.1, 0.15) is 30.4 Å². The van der Waals surface area contributed by atoms with E-state index in [1.807, 2.05) is 0 Å². The second-order valence-electron chi connectivity index (χ2n) is 4.49. The number of nitrogens with one attached hydrogen (secondary N) is 1. The molecule has 0 atom stereocenters. The molecule has 0 bridgehead atoms. The van der Waals surface area contributed by atoms with Gasteiger partial charge in [-0.2, -0.15) is 0 Å². The van der Waals surface area contributed by atoms with Crippen molar-refractivity contribution < 1.29 is 8.78 Å². The molecule has 16 heavy (non-hydrogen) atoms. The molecule has 1 aromatic carbocycles. The minimum atomic E-state index is -0.422. The lowest BCUT2D eigenvalue weighted by Crippen LogP contribution is -2.18. The lowest BCUT2D eigenvalue weighted by Gasteiger charge is -2.07. The molecule has 1 N–H and O–H groups in total. The molecule has 1 fully saturated rings. The molecule has 1 nitrogen and oxygen atoms in total. The Morgan fingerprint density at radius 3 is 2.75 bits per heavy atom. The van der Waals surface area contributed by atoms with Gasteiger partial charge in [-0.1, -0.05) is 6.07 Å². The van der Waals surface area contributed by atoms with Crippen LogP contribution in [0.25, 0.3) is 0 Å². The number of rotatable bonds is 5. The first-order chi connectivity index (χ1) is 7.68. The highest BCUT2D eigenvalue weighted by Gasteiger charge is 2.19. The maximum atomic E-state index is 13.6. The predicted molar refractivity (Wildman–Crippen MR) is 60.4 cm³/mol. The standard InChI is InChI=1S/C13H17F2N/c1-9-4-7-12(14)11(13(9)15)3-2-8-16-10-5-6-10/h4,7,10,16H,2-3,5-6,8H2,1H3. The Hall–Kier alpha value is -0.960. The molecule has 2 rings (SSSR count). The van der Waals surface area contributed by atoms with E-state index in [9.17, 15) is 8.78 Å². The average Bonchev–Trinajstić information content (AvgIpc) is 3.07. The predicted octanol–water partition coefficient (Wildman–Crippen LogP) is 2.96. The molecule has 0 saturated heterocycles. The van der Waals surface area contributed by atoms with Crippen LogP contribution in [0.15, 0.2) is 12.1 Å². The van der Waals surface area contributed by atoms with Crippen LogP contribution < -0.4 is 5.32 Å². The minimum absolute atomic E-state index is 0.234. The molecule has 1 aliphatic carbocycles. The summed E-state index contributed by atoms with van der Waals surface area (Å²) in [5.74, 6) is -0.805. The molecular formula is C13H17F2N. The highest BCUT2D eigenvalue weighted by Crippen LogP contribution is 2.20. The van der Waals surface area contributed by atoms with Crippen molar-refractivity contribution in [3.8, 4) is 0 Å². The summed E-state index contributed by atoms with van der Waals surface area (Å²) >= 11 is 0. The zero-order chi connectivity index (χ0) is 11.5. The van der Waals surface area contributed by atoms with Gasteiger partial charge >= 0.3 is 0 Å². The Kier molecular flexibility index (Phi) is 3.54. The lowest BCUT2D eigenvalue weighted by atomic mass is 10.1. The van der Waals surface area contributed by atoms with Crippen molar-refractivity contribution >= 4 is 0 Å². The van der Waals surface area contributed by atoms with E-state index in [1.165, 1.54) is 25.0 Å². The van der Waals surface area contributed by atoms with Gasteiger partial charge in [0, 0.05) is 11.6 Å². The molecule has 3 heteroatoms. The van der Waals surface area contributed by atoms with E-state index in [-0.39, 0.29) is 11.4 Å². The summed E-state index contributed by atoms with van der Waals surface area (Å²) in [5, 5.41) is 3.34. The molecular weight excluding hydrogens is 208 g/mol. The van der Waals surface area contributed by atoms with Crippen LogP contribution in [-0.2, 0) is 6.42 Å². The quantitative estimate of drug-likeness (QED) is 0.760. The fourth-order valence-corrected chi connectivity index (χ4v) is 1.80. The maximum Gasteiger partial charge on any atom is 0.132 e. The SMILES string of the molecule is Cc1ccc(F)c(CCCNC2CC2)c1F. The first kappa shape index (κ1) is 11.5. The van der Waals surface area contributed by atoms with Gasteiger partial charge in [-0.05, 0) is 50.8 Å². The van der Waals surface area contributed by atoms with E-state index in [4.69, 9.17) is 0 Å². The molecule has 1 aromatic rings. The minimum Gasteiger partial charge on any atom is -0.314 e. The number of benzene rings is 1. The van der Waals surface area contributed by atoms with E-state index >= 15 is 0 Å². The molecule has 1 saturated carbocycles. The second-order valence-corrected chi connectivity index (χ2v) is 4.49. The fourth-order valence-electron chi connectivity index (χ4n) is 1.80. The fraction of sp³-hybridized carbons (Fsp3) is 0.538. The third kappa shape index (κ3) is 2.79. The molecule has 0 spiro atoms. The number of hydrogen-bond donors (Lipinski definition) is 1. The lowest BCUT2D eigenvalue weighted by molar-refractivity contribution is 0.538. The molecule has 0 unspecified atom stereocenters. The van der Waals surface area contributed by atoms with E-state index in [0.29, 0.717) is 18.0 Å². The van der Waals surface area contributed by atoms with Crippen LogP contribution in [-0.4, -0.2) is 12.6 Å². The van der Waals surface area contributed by atoms with Gasteiger partial charge in [0.15, 0.2) is 0 Å². The van der Waals surface area contributed by atoms with E-state index in [0.717, 1.165) is 13.0 Å². The summed E-state index contributed by atoms with van der Waals surface area (Å²) < 4.78 is 27.0. The third-order valence-electron chi connectivity index (χ3n) is 2.99. The highest BCUT2D eigenvalue weighted by molar-refractivity contribution is 5.26. The van der Waals surface area contributed by atoms with E-state index in [1.54, 1.807) is 6.92 Å². The van der Waals surface area contributed by atoms with Crippen molar-refractivity contribution in [3.63, 3.8) is 0 Å². The van der Waals surface area contributed by atoms with Crippen LogP contribution in [0.5, 0.6) is 0 Å². The Labute approximate surface area is 94.9 Å². The summed E-state index contributed by atoms with van der Waals surface area (Å²) in [7, 11) is 0. The number of hydrogen-bond acceptors (Lipinski definition) is 1. The first-order valence-corrected chi connectivity index (χ1v) is 5.85. The second kappa shape index (κ2) is 4.91. The van der Waals surface area contributed by atoms with Gasteiger partial charge in [0.25, 0.3) is 0 Å². The van der Waals surface area contributed by atoms with Gasteiger partial charge in [0.1, 0.15) is 11.6 Å². The van der Waals surface area contributed by atoms with Crippen molar-refractivity contribution in [1.29, 1.82) is 0 Å². The number of halogens is 2. The first-order valence-electron chi connectivity index (χ1n) is 5.85. The molecule has 88 valence electrons. The topological polar surface area (TPSA) is 12.0 Å². The normalized spacial score (nSPS) is 15.4. The Bertz CT molecular complexity index is 372. The zero-order valence-corrected chi connectivity index (χ0v) is 9.52. The van der Waals surface area contributed by atoms with Gasteiger partial charge in [0.2, 0.25) is 0 Å². The van der Waals surface area contributed by atoms with Crippen LogP contribution in [0, 0.1) is 18.6 Å². The van der Waals surface area contributed by atoms with Crippen molar-refractivity contribution in [3.05, 3.63) is 34.9 Å². The molecule has 0 aromatic heterocycles. The maximum absolute atomic E-state index is 13.6. The highest BCUT2D eigenvalue weighted by atomic mass is 19.1. The molecule has 0 heterocycles. The van der Waals surface area contributed by atoms with Crippen LogP contribution >= 0.6 is 0 Å². The van der Waals surface area contributed by atoms with Crippen molar-refractivity contribution in [1.82, 2.24) is 5.32 Å². The van der Waals surface area contributed by atoms with Gasteiger partial charge in [-0.3, -0.25) is 0 Å². The van der Waals surface area contributed by atoms with E-state index < -0.39 is 5.82 Å². The Morgan fingerprint density at radius 1 is 1.31 bits per heavy atom. The monoisotopic (exact) mass is 225 g/mol. The summed E-state index contributed by atoms with van der Waals surface area (Å²) in [6.07, 6.45) is 3.74. The Balaban J connectivity index is 1.89. The Morgan fingerprint density at radius 2 is 2.06 bits per heavy atom. The van der Waals surface area contributed by atoms with Crippen molar-refractivity contribution in [2.45, 2.75) is 38.6 Å². The number of aryl methyl sites for hydroxylation is 1. The van der Waals surface area contributed by atoms with Gasteiger partial charge in [0.05, 0.1) is 0 Å². The smallest absolute Gasteiger partial charge is 0.132 e. The molecule has 0 aliphatic heterocycles. The van der Waals surface area contributed by atoms with E-state index in [2.05, 4.69) is 5.32 Å². The van der Waals surface area contributed by atoms with Gasteiger partial charge < -0.3 is 5.32 Å². The van der Waals surface area contributed by atoms with Crippen LogP contribution in [0.2, 0.25) is 0 Å². The summed E-state index contributed by atoms with van der Waals surface area (Å²) in [6, 6.07) is 3.49. The van der Waals surface area contributed by atoms with Crippen molar-refractivity contribution in [2.24, 2.45) is 0 Å². The van der Waals surface area contributed by atoms with Crippen LogP contribution in [0.4, 0.5) is 8.78 Å². The summed E-state index contributed by atoms with van der Waals surface area (Å²) in [6.45, 7) is 2.51. The summed E-state index contributed by atoms with van der Waals surface area (Å²) in [5.41, 5.74) is 0.754. The third-order valence-corrected chi connectivity index (χ3v) is 2.99. The van der Waals surface area contributed by atoms with Gasteiger partial charge in [-0.15, -0.1) is 0 Å². The zero-order valence-electron chi connectivity index (χ0n) is 9.52. The molecule has 0 radical (unpaired) electrons. The van der Waals surface area contributed by atoms with Gasteiger partial charge in [-0.25, -0.2) is 8.78 Å². The van der Waals surface area contributed by atoms with Crippen molar-refractivity contribution in [2.75, 3.05) is 6.54 Å². The molecule has 1 aliphatic rings. The molecule has 0 amide bonds. The van der Waals surface area contributed by atoms with Crippen LogP contribution in [0.3, 0.4) is 0 Å². The summed E-state index contributed by atoms with van der Waals surface area (Å²) in [4.78, 5) is 0. The largest absolute Gasteiger partial charge is 0.314 e.